The van der Waals surface area contributed by atoms with Crippen LogP contribution in [0.3, 0.4) is 0 Å². The van der Waals surface area contributed by atoms with Crippen molar-refractivity contribution in [1.82, 2.24) is 10.2 Å². The van der Waals surface area contributed by atoms with Crippen molar-refractivity contribution in [3.8, 4) is 0 Å². The second-order valence-electron chi connectivity index (χ2n) is 6.97. The van der Waals surface area contributed by atoms with E-state index in [9.17, 15) is 0 Å². The zero-order valence-corrected chi connectivity index (χ0v) is 12.0. The Hall–Kier alpha value is -0.0800. The molecule has 0 radical (unpaired) electrons. The van der Waals surface area contributed by atoms with Crippen molar-refractivity contribution in [2.75, 3.05) is 19.6 Å². The first-order chi connectivity index (χ1) is 8.84. The van der Waals surface area contributed by atoms with E-state index in [0.717, 1.165) is 23.9 Å². The molecule has 1 N–H and O–H groups in total. The normalized spacial score (nSPS) is 43.2. The lowest BCUT2D eigenvalue weighted by Crippen LogP contribution is -2.48. The number of hydrogen-bond acceptors (Lipinski definition) is 2. The van der Waals surface area contributed by atoms with E-state index in [-0.39, 0.29) is 0 Å². The Labute approximate surface area is 113 Å². The smallest absolute Gasteiger partial charge is 0.0139 e. The molecular formula is C16H30N2. The topological polar surface area (TPSA) is 15.3 Å². The van der Waals surface area contributed by atoms with Crippen molar-refractivity contribution < 1.29 is 0 Å². The zero-order valence-electron chi connectivity index (χ0n) is 12.0. The summed E-state index contributed by atoms with van der Waals surface area (Å²) in [6, 6.07) is 1.84. The largest absolute Gasteiger partial charge is 0.316 e. The van der Waals surface area contributed by atoms with Crippen molar-refractivity contribution in [2.45, 2.75) is 70.4 Å². The highest BCUT2D eigenvalue weighted by atomic mass is 15.2. The fraction of sp³-hybridized carbons (Fsp3) is 1.00. The van der Waals surface area contributed by atoms with Crippen LogP contribution in [0.25, 0.3) is 0 Å². The van der Waals surface area contributed by atoms with Crippen LogP contribution < -0.4 is 5.32 Å². The molecule has 2 aliphatic heterocycles. The highest BCUT2D eigenvalue weighted by Crippen LogP contribution is 2.35. The molecule has 2 heterocycles. The Bertz CT molecular complexity index is 252. The van der Waals surface area contributed by atoms with Crippen molar-refractivity contribution >= 4 is 0 Å². The van der Waals surface area contributed by atoms with Gasteiger partial charge >= 0.3 is 0 Å². The molecule has 2 nitrogen and oxygen atoms in total. The van der Waals surface area contributed by atoms with Crippen LogP contribution in [0.15, 0.2) is 0 Å². The average Bonchev–Trinajstić information content (AvgIpc) is 2.90. The van der Waals surface area contributed by atoms with Gasteiger partial charge in [-0.3, -0.25) is 4.90 Å². The predicted octanol–water partition coefficient (Wildman–Crippen LogP) is 3.03. The maximum absolute atomic E-state index is 3.62. The molecular weight excluding hydrogens is 220 g/mol. The van der Waals surface area contributed by atoms with E-state index in [4.69, 9.17) is 0 Å². The SMILES string of the molecule is CC1CCC(N2CCCC2C2CCCNC2)CC1. The van der Waals surface area contributed by atoms with Gasteiger partial charge in [-0.2, -0.15) is 0 Å². The maximum atomic E-state index is 3.62. The molecule has 1 aliphatic carbocycles. The number of nitrogens with one attached hydrogen (secondary N) is 1. The minimum Gasteiger partial charge on any atom is -0.316 e. The monoisotopic (exact) mass is 250 g/mol. The fourth-order valence-electron chi connectivity index (χ4n) is 4.56. The van der Waals surface area contributed by atoms with E-state index in [2.05, 4.69) is 17.1 Å². The Kier molecular flexibility index (Phi) is 4.25. The van der Waals surface area contributed by atoms with Crippen LogP contribution in [0.1, 0.15) is 58.3 Å². The van der Waals surface area contributed by atoms with Crippen LogP contribution in [-0.4, -0.2) is 36.6 Å². The summed E-state index contributed by atoms with van der Waals surface area (Å²) in [6.45, 7) is 6.36. The van der Waals surface area contributed by atoms with Crippen molar-refractivity contribution in [1.29, 1.82) is 0 Å². The molecule has 0 aromatic rings. The van der Waals surface area contributed by atoms with Gasteiger partial charge in [0.25, 0.3) is 0 Å². The van der Waals surface area contributed by atoms with Crippen LogP contribution in [0.5, 0.6) is 0 Å². The first kappa shape index (κ1) is 12.9. The molecule has 2 heteroatoms. The van der Waals surface area contributed by atoms with Crippen molar-refractivity contribution in [3.05, 3.63) is 0 Å². The first-order valence-electron chi connectivity index (χ1n) is 8.31. The molecule has 0 aromatic carbocycles. The summed E-state index contributed by atoms with van der Waals surface area (Å²) in [5.74, 6) is 1.93. The summed E-state index contributed by atoms with van der Waals surface area (Å²) < 4.78 is 0. The van der Waals surface area contributed by atoms with Gasteiger partial charge < -0.3 is 5.32 Å². The number of rotatable bonds is 2. The molecule has 0 aromatic heterocycles. The van der Waals surface area contributed by atoms with Crippen LogP contribution >= 0.6 is 0 Å². The summed E-state index contributed by atoms with van der Waals surface area (Å²) in [7, 11) is 0. The second-order valence-corrected chi connectivity index (χ2v) is 6.97. The van der Waals surface area contributed by atoms with Crippen molar-refractivity contribution in [3.63, 3.8) is 0 Å². The van der Waals surface area contributed by atoms with E-state index in [1.165, 1.54) is 71.0 Å². The van der Waals surface area contributed by atoms with Gasteiger partial charge in [0.2, 0.25) is 0 Å². The standard InChI is InChI=1S/C16H30N2/c1-13-6-8-15(9-7-13)18-11-3-5-16(18)14-4-2-10-17-12-14/h13-17H,2-12H2,1H3. The Balaban J connectivity index is 1.59. The summed E-state index contributed by atoms with van der Waals surface area (Å²) >= 11 is 0. The van der Waals surface area contributed by atoms with Gasteiger partial charge in [0.1, 0.15) is 0 Å². The summed E-state index contributed by atoms with van der Waals surface area (Å²) in [4.78, 5) is 2.92. The Morgan fingerprint density at radius 1 is 0.944 bits per heavy atom. The molecule has 2 atom stereocenters. The lowest BCUT2D eigenvalue weighted by atomic mass is 9.84. The van der Waals surface area contributed by atoms with Gasteiger partial charge in [-0.25, -0.2) is 0 Å². The van der Waals surface area contributed by atoms with Crippen LogP contribution in [0.4, 0.5) is 0 Å². The molecule has 104 valence electrons. The average molecular weight is 250 g/mol. The van der Waals surface area contributed by atoms with Gasteiger partial charge in [0.05, 0.1) is 0 Å². The third-order valence-corrected chi connectivity index (χ3v) is 5.68. The second kappa shape index (κ2) is 5.92. The minimum atomic E-state index is 0.913. The van der Waals surface area contributed by atoms with Crippen LogP contribution in [0, 0.1) is 11.8 Å². The first-order valence-corrected chi connectivity index (χ1v) is 8.31. The molecule has 2 unspecified atom stereocenters. The third-order valence-electron chi connectivity index (χ3n) is 5.68. The highest BCUT2D eigenvalue weighted by Gasteiger charge is 2.36. The van der Waals surface area contributed by atoms with E-state index in [1.807, 2.05) is 0 Å². The van der Waals surface area contributed by atoms with Crippen LogP contribution in [-0.2, 0) is 0 Å². The molecule has 0 spiro atoms. The molecule has 3 aliphatic rings. The van der Waals surface area contributed by atoms with Gasteiger partial charge in [0.15, 0.2) is 0 Å². The number of likely N-dealkylation sites (tertiary alicyclic amines) is 1. The van der Waals surface area contributed by atoms with Crippen molar-refractivity contribution in [2.24, 2.45) is 11.8 Å². The summed E-state index contributed by atoms with van der Waals surface area (Å²) in [5, 5.41) is 3.62. The summed E-state index contributed by atoms with van der Waals surface area (Å²) in [6.07, 6.45) is 11.7. The molecule has 1 saturated carbocycles. The number of nitrogens with zero attached hydrogens (tertiary/aromatic N) is 1. The van der Waals surface area contributed by atoms with E-state index in [1.54, 1.807) is 0 Å². The van der Waals surface area contributed by atoms with Gasteiger partial charge in [0, 0.05) is 12.1 Å². The lowest BCUT2D eigenvalue weighted by molar-refractivity contribution is 0.0870. The quantitative estimate of drug-likeness (QED) is 0.810. The maximum Gasteiger partial charge on any atom is 0.0139 e. The number of hydrogen-bond donors (Lipinski definition) is 1. The molecule has 0 bridgehead atoms. The molecule has 2 saturated heterocycles. The third kappa shape index (κ3) is 2.75. The fourth-order valence-corrected chi connectivity index (χ4v) is 4.56. The van der Waals surface area contributed by atoms with Gasteiger partial charge in [-0.05, 0) is 82.8 Å². The molecule has 18 heavy (non-hydrogen) atoms. The minimum absolute atomic E-state index is 0.913. The van der Waals surface area contributed by atoms with E-state index < -0.39 is 0 Å². The lowest BCUT2D eigenvalue weighted by Gasteiger charge is -2.41. The zero-order chi connectivity index (χ0) is 12.4. The summed E-state index contributed by atoms with van der Waals surface area (Å²) in [5.41, 5.74) is 0. The molecule has 3 rings (SSSR count). The van der Waals surface area contributed by atoms with E-state index >= 15 is 0 Å². The Morgan fingerprint density at radius 2 is 1.78 bits per heavy atom. The predicted molar refractivity (Wildman–Crippen MR) is 76.7 cm³/mol. The number of piperidine rings is 1. The molecule has 3 fully saturated rings. The van der Waals surface area contributed by atoms with Gasteiger partial charge in [-0.1, -0.05) is 6.92 Å². The molecule has 0 amide bonds. The van der Waals surface area contributed by atoms with Crippen LogP contribution in [0.2, 0.25) is 0 Å². The van der Waals surface area contributed by atoms with Gasteiger partial charge in [-0.15, -0.1) is 0 Å². The Morgan fingerprint density at radius 3 is 2.50 bits per heavy atom. The van der Waals surface area contributed by atoms with E-state index in [0.29, 0.717) is 0 Å². The highest BCUT2D eigenvalue weighted by molar-refractivity contribution is 4.92.